The molecule has 0 aliphatic rings. The van der Waals surface area contributed by atoms with E-state index in [1.54, 1.807) is 0 Å². The molecule has 5 heteroatoms. The minimum Gasteiger partial charge on any atom is -0.389 e. The summed E-state index contributed by atoms with van der Waals surface area (Å²) in [5, 5.41) is 10.3. The number of aromatic nitrogens is 2. The molecule has 3 N–H and O–H groups in total. The molecule has 1 aromatic carbocycles. The fourth-order valence-corrected chi connectivity index (χ4v) is 1.54. The Kier molecular flexibility index (Phi) is 3.59. The van der Waals surface area contributed by atoms with E-state index in [0.29, 0.717) is 6.01 Å². The normalized spacial score (nSPS) is 10.4. The smallest absolute Gasteiger partial charge is 0.321 e. The SMILES string of the molecule is CCCCc1ccc(Nc2nnc(N)o2)cc1. The third-order valence-electron chi connectivity index (χ3n) is 2.46. The van der Waals surface area contributed by atoms with E-state index in [1.807, 2.05) is 12.1 Å². The summed E-state index contributed by atoms with van der Waals surface area (Å²) < 4.78 is 5.03. The molecule has 0 fully saturated rings. The van der Waals surface area contributed by atoms with Gasteiger partial charge in [-0.15, -0.1) is 0 Å². The highest BCUT2D eigenvalue weighted by atomic mass is 16.4. The highest BCUT2D eigenvalue weighted by Gasteiger charge is 2.02. The number of hydrogen-bond donors (Lipinski definition) is 2. The van der Waals surface area contributed by atoms with Crippen LogP contribution in [0.5, 0.6) is 0 Å². The van der Waals surface area contributed by atoms with Crippen molar-refractivity contribution >= 4 is 17.7 Å². The zero-order chi connectivity index (χ0) is 12.1. The molecule has 0 spiro atoms. The number of hydrogen-bond acceptors (Lipinski definition) is 5. The van der Waals surface area contributed by atoms with Crippen LogP contribution in [0, 0.1) is 0 Å². The first-order valence-electron chi connectivity index (χ1n) is 5.73. The van der Waals surface area contributed by atoms with Crippen molar-refractivity contribution < 1.29 is 4.42 Å². The van der Waals surface area contributed by atoms with E-state index in [-0.39, 0.29) is 6.01 Å². The number of unbranched alkanes of at least 4 members (excludes halogenated alkanes) is 1. The molecule has 0 saturated heterocycles. The van der Waals surface area contributed by atoms with Crippen LogP contribution in [0.4, 0.5) is 17.7 Å². The molecule has 1 aromatic heterocycles. The van der Waals surface area contributed by atoms with Gasteiger partial charge in [0, 0.05) is 5.69 Å². The topological polar surface area (TPSA) is 77.0 Å². The minimum atomic E-state index is 0.0621. The molecule has 0 aliphatic heterocycles. The molecule has 0 atom stereocenters. The Morgan fingerprint density at radius 1 is 1.24 bits per heavy atom. The summed E-state index contributed by atoms with van der Waals surface area (Å²) in [7, 11) is 0. The molecule has 0 radical (unpaired) electrons. The average Bonchev–Trinajstić information content (AvgIpc) is 2.74. The van der Waals surface area contributed by atoms with Gasteiger partial charge in [-0.2, -0.15) is 0 Å². The zero-order valence-corrected chi connectivity index (χ0v) is 9.81. The van der Waals surface area contributed by atoms with Crippen molar-refractivity contribution in [3.63, 3.8) is 0 Å². The highest BCUT2D eigenvalue weighted by Crippen LogP contribution is 2.17. The maximum atomic E-state index is 5.33. The summed E-state index contributed by atoms with van der Waals surface area (Å²) in [5.41, 5.74) is 7.58. The van der Waals surface area contributed by atoms with Gasteiger partial charge in [0.2, 0.25) is 0 Å². The molecule has 0 unspecified atom stereocenters. The minimum absolute atomic E-state index is 0.0621. The molecule has 17 heavy (non-hydrogen) atoms. The lowest BCUT2D eigenvalue weighted by Gasteiger charge is -2.03. The Morgan fingerprint density at radius 3 is 2.59 bits per heavy atom. The number of anilines is 3. The Bertz CT molecular complexity index is 464. The van der Waals surface area contributed by atoms with Crippen molar-refractivity contribution in [2.24, 2.45) is 0 Å². The van der Waals surface area contributed by atoms with Gasteiger partial charge in [0.1, 0.15) is 0 Å². The molecule has 90 valence electrons. The van der Waals surface area contributed by atoms with Crippen LogP contribution >= 0.6 is 0 Å². The van der Waals surface area contributed by atoms with E-state index in [9.17, 15) is 0 Å². The summed E-state index contributed by atoms with van der Waals surface area (Å²) in [6.45, 7) is 2.19. The third kappa shape index (κ3) is 3.21. The largest absolute Gasteiger partial charge is 0.389 e. The lowest BCUT2D eigenvalue weighted by Crippen LogP contribution is -1.91. The summed E-state index contributed by atoms with van der Waals surface area (Å²) in [6.07, 6.45) is 3.54. The Hall–Kier alpha value is -2.04. The van der Waals surface area contributed by atoms with Crippen LogP contribution in [0.3, 0.4) is 0 Å². The lowest BCUT2D eigenvalue weighted by molar-refractivity contribution is 0.593. The summed E-state index contributed by atoms with van der Waals surface area (Å²) in [5.74, 6) is 0. The molecule has 2 aromatic rings. The van der Waals surface area contributed by atoms with Crippen molar-refractivity contribution in [3.05, 3.63) is 29.8 Å². The summed E-state index contributed by atoms with van der Waals surface area (Å²) >= 11 is 0. The van der Waals surface area contributed by atoms with Gasteiger partial charge in [0.25, 0.3) is 0 Å². The fourth-order valence-electron chi connectivity index (χ4n) is 1.54. The van der Waals surface area contributed by atoms with Gasteiger partial charge >= 0.3 is 12.0 Å². The van der Waals surface area contributed by atoms with Crippen molar-refractivity contribution in [1.29, 1.82) is 0 Å². The van der Waals surface area contributed by atoms with Crippen molar-refractivity contribution in [2.45, 2.75) is 26.2 Å². The Balaban J connectivity index is 1.98. The lowest BCUT2D eigenvalue weighted by atomic mass is 10.1. The standard InChI is InChI=1S/C12H16N4O/c1-2-3-4-9-5-7-10(8-6-9)14-12-16-15-11(13)17-12/h5-8H,2-4H2,1H3,(H2,13,15)(H,14,16). The highest BCUT2D eigenvalue weighted by molar-refractivity contribution is 5.52. The van der Waals surface area contributed by atoms with E-state index in [1.165, 1.54) is 18.4 Å². The summed E-state index contributed by atoms with van der Waals surface area (Å²) in [4.78, 5) is 0. The van der Waals surface area contributed by atoms with Gasteiger partial charge in [-0.1, -0.05) is 35.7 Å². The van der Waals surface area contributed by atoms with Gasteiger partial charge in [0.05, 0.1) is 0 Å². The predicted octanol–water partition coefficient (Wildman–Crippen LogP) is 2.74. The summed E-state index contributed by atoms with van der Waals surface area (Å²) in [6, 6.07) is 8.54. The van der Waals surface area contributed by atoms with Crippen LogP contribution < -0.4 is 11.1 Å². The number of nitrogens with two attached hydrogens (primary N) is 1. The number of nitrogens with one attached hydrogen (secondary N) is 1. The van der Waals surface area contributed by atoms with Gasteiger partial charge < -0.3 is 15.5 Å². The van der Waals surface area contributed by atoms with Crippen LogP contribution in [0.15, 0.2) is 28.7 Å². The maximum absolute atomic E-state index is 5.33. The van der Waals surface area contributed by atoms with Crippen molar-refractivity contribution in [1.82, 2.24) is 10.2 Å². The van der Waals surface area contributed by atoms with Gasteiger partial charge in [0.15, 0.2) is 0 Å². The van der Waals surface area contributed by atoms with Crippen LogP contribution in [0.25, 0.3) is 0 Å². The molecule has 5 nitrogen and oxygen atoms in total. The van der Waals surface area contributed by atoms with Gasteiger partial charge in [-0.3, -0.25) is 0 Å². The second-order valence-electron chi connectivity index (χ2n) is 3.87. The second-order valence-corrected chi connectivity index (χ2v) is 3.87. The number of rotatable bonds is 5. The molecular formula is C12H16N4O. The van der Waals surface area contributed by atoms with E-state index in [2.05, 4.69) is 34.6 Å². The number of nitrogens with zero attached hydrogens (tertiary/aromatic N) is 2. The first-order valence-corrected chi connectivity index (χ1v) is 5.73. The molecule has 0 amide bonds. The zero-order valence-electron chi connectivity index (χ0n) is 9.81. The molecule has 0 saturated carbocycles. The molecule has 0 aliphatic carbocycles. The third-order valence-corrected chi connectivity index (χ3v) is 2.46. The maximum Gasteiger partial charge on any atom is 0.321 e. The number of benzene rings is 1. The second kappa shape index (κ2) is 5.34. The van der Waals surface area contributed by atoms with Crippen LogP contribution in [-0.2, 0) is 6.42 Å². The van der Waals surface area contributed by atoms with E-state index < -0.39 is 0 Å². The van der Waals surface area contributed by atoms with Crippen molar-refractivity contribution in [3.8, 4) is 0 Å². The first kappa shape index (κ1) is 11.4. The van der Waals surface area contributed by atoms with E-state index in [0.717, 1.165) is 12.1 Å². The van der Waals surface area contributed by atoms with Crippen LogP contribution in [-0.4, -0.2) is 10.2 Å². The number of aryl methyl sites for hydroxylation is 1. The number of nitrogen functional groups attached to an aromatic ring is 1. The van der Waals surface area contributed by atoms with Gasteiger partial charge in [-0.05, 0) is 30.5 Å². The van der Waals surface area contributed by atoms with E-state index >= 15 is 0 Å². The Labute approximate surface area is 100 Å². The molecule has 1 heterocycles. The first-order chi connectivity index (χ1) is 8.28. The van der Waals surface area contributed by atoms with Crippen molar-refractivity contribution in [2.75, 3.05) is 11.1 Å². The van der Waals surface area contributed by atoms with E-state index in [4.69, 9.17) is 10.2 Å². The fraction of sp³-hybridized carbons (Fsp3) is 0.333. The van der Waals surface area contributed by atoms with Gasteiger partial charge in [-0.25, -0.2) is 0 Å². The monoisotopic (exact) mass is 232 g/mol. The Morgan fingerprint density at radius 2 is 2.00 bits per heavy atom. The predicted molar refractivity (Wildman–Crippen MR) is 67.0 cm³/mol. The van der Waals surface area contributed by atoms with Crippen LogP contribution in [0.1, 0.15) is 25.3 Å². The molecular weight excluding hydrogens is 216 g/mol. The van der Waals surface area contributed by atoms with Crippen LogP contribution in [0.2, 0.25) is 0 Å². The molecule has 0 bridgehead atoms. The quantitative estimate of drug-likeness (QED) is 0.828. The average molecular weight is 232 g/mol. The molecule has 2 rings (SSSR count).